The van der Waals surface area contributed by atoms with Crippen LogP contribution in [0.2, 0.25) is 0 Å². The summed E-state index contributed by atoms with van der Waals surface area (Å²) in [5, 5.41) is 2.63. The van der Waals surface area contributed by atoms with Gasteiger partial charge in [0.15, 0.2) is 0 Å². The van der Waals surface area contributed by atoms with Crippen molar-refractivity contribution in [3.63, 3.8) is 0 Å². The van der Waals surface area contributed by atoms with Gasteiger partial charge in [0.2, 0.25) is 5.91 Å². The Morgan fingerprint density at radius 3 is 2.72 bits per heavy atom. The van der Waals surface area contributed by atoms with E-state index in [1.807, 2.05) is 25.7 Å². The fourth-order valence-corrected chi connectivity index (χ4v) is 1.67. The van der Waals surface area contributed by atoms with E-state index in [2.05, 4.69) is 5.32 Å². The van der Waals surface area contributed by atoms with Crippen LogP contribution in [0.25, 0.3) is 0 Å². The first-order chi connectivity index (χ1) is 8.43. The Morgan fingerprint density at radius 2 is 2.17 bits per heavy atom. The van der Waals surface area contributed by atoms with Crippen molar-refractivity contribution in [3.8, 4) is 0 Å². The molecule has 4 nitrogen and oxygen atoms in total. The Balaban J connectivity index is 2.67. The summed E-state index contributed by atoms with van der Waals surface area (Å²) < 4.78 is 13.0. The van der Waals surface area contributed by atoms with Gasteiger partial charge in [-0.1, -0.05) is 6.92 Å². The molecular formula is C13H20FN3O. The lowest BCUT2D eigenvalue weighted by Gasteiger charge is -2.24. The van der Waals surface area contributed by atoms with E-state index in [1.54, 1.807) is 0 Å². The van der Waals surface area contributed by atoms with Gasteiger partial charge >= 0.3 is 0 Å². The zero-order valence-electron chi connectivity index (χ0n) is 11.0. The first-order valence-electron chi connectivity index (χ1n) is 6.03. The number of nitrogens with zero attached hydrogens (tertiary/aromatic N) is 1. The zero-order chi connectivity index (χ0) is 13.7. The van der Waals surface area contributed by atoms with Crippen molar-refractivity contribution in [2.24, 2.45) is 0 Å². The van der Waals surface area contributed by atoms with Crippen molar-refractivity contribution in [1.82, 2.24) is 4.90 Å². The van der Waals surface area contributed by atoms with Crippen molar-refractivity contribution in [2.45, 2.75) is 26.8 Å². The summed E-state index contributed by atoms with van der Waals surface area (Å²) in [6.45, 7) is 7.08. The highest BCUT2D eigenvalue weighted by molar-refractivity contribution is 5.95. The predicted molar refractivity (Wildman–Crippen MR) is 71.8 cm³/mol. The molecule has 0 fully saturated rings. The van der Waals surface area contributed by atoms with Gasteiger partial charge in [0.25, 0.3) is 0 Å². The monoisotopic (exact) mass is 253 g/mol. The van der Waals surface area contributed by atoms with Crippen molar-refractivity contribution in [3.05, 3.63) is 24.0 Å². The standard InChI is InChI=1S/C13H20FN3O/c1-4-17(9(2)3)8-13(18)16-12-7-10(14)5-6-11(12)15/h5-7,9H,4,8,15H2,1-3H3,(H,16,18). The number of carbonyl (C=O) groups excluding carboxylic acids is 1. The molecule has 18 heavy (non-hydrogen) atoms. The lowest BCUT2D eigenvalue weighted by molar-refractivity contribution is -0.117. The predicted octanol–water partition coefficient (Wildman–Crippen LogP) is 2.08. The lowest BCUT2D eigenvalue weighted by atomic mass is 10.2. The third-order valence-corrected chi connectivity index (χ3v) is 2.77. The maximum atomic E-state index is 13.0. The third-order valence-electron chi connectivity index (χ3n) is 2.77. The summed E-state index contributed by atoms with van der Waals surface area (Å²) in [6, 6.07) is 4.20. The van der Waals surface area contributed by atoms with Gasteiger partial charge < -0.3 is 11.1 Å². The topological polar surface area (TPSA) is 58.4 Å². The van der Waals surface area contributed by atoms with Gasteiger partial charge in [-0.05, 0) is 38.6 Å². The van der Waals surface area contributed by atoms with Crippen LogP contribution in [0.4, 0.5) is 15.8 Å². The highest BCUT2D eigenvalue weighted by atomic mass is 19.1. The van der Waals surface area contributed by atoms with Crippen LogP contribution in [0, 0.1) is 5.82 Å². The van der Waals surface area contributed by atoms with Crippen molar-refractivity contribution < 1.29 is 9.18 Å². The normalized spacial score (nSPS) is 11.0. The van der Waals surface area contributed by atoms with Crippen LogP contribution in [0.3, 0.4) is 0 Å². The van der Waals surface area contributed by atoms with Crippen LogP contribution < -0.4 is 11.1 Å². The Morgan fingerprint density at radius 1 is 1.50 bits per heavy atom. The molecular weight excluding hydrogens is 233 g/mol. The van der Waals surface area contributed by atoms with E-state index in [-0.39, 0.29) is 18.5 Å². The quantitative estimate of drug-likeness (QED) is 0.790. The second kappa shape index (κ2) is 6.35. The fraction of sp³-hybridized carbons (Fsp3) is 0.462. The maximum absolute atomic E-state index is 13.0. The van der Waals surface area contributed by atoms with Gasteiger partial charge in [-0.3, -0.25) is 9.69 Å². The molecule has 0 unspecified atom stereocenters. The van der Waals surface area contributed by atoms with Crippen molar-refractivity contribution in [1.29, 1.82) is 0 Å². The largest absolute Gasteiger partial charge is 0.397 e. The molecule has 1 aromatic carbocycles. The highest BCUT2D eigenvalue weighted by Gasteiger charge is 2.13. The maximum Gasteiger partial charge on any atom is 0.238 e. The van der Waals surface area contributed by atoms with E-state index >= 15 is 0 Å². The van der Waals surface area contributed by atoms with Gasteiger partial charge in [-0.2, -0.15) is 0 Å². The molecule has 0 radical (unpaired) electrons. The first-order valence-corrected chi connectivity index (χ1v) is 6.03. The molecule has 0 spiro atoms. The van der Waals surface area contributed by atoms with Crippen LogP contribution in [0.15, 0.2) is 18.2 Å². The SMILES string of the molecule is CCN(CC(=O)Nc1cc(F)ccc1N)C(C)C. The lowest BCUT2D eigenvalue weighted by Crippen LogP contribution is -2.37. The number of carbonyl (C=O) groups is 1. The minimum atomic E-state index is -0.421. The van der Waals surface area contributed by atoms with Gasteiger partial charge in [0, 0.05) is 6.04 Å². The molecule has 0 aliphatic rings. The summed E-state index contributed by atoms with van der Waals surface area (Å²) >= 11 is 0. The number of anilines is 2. The van der Waals surface area contributed by atoms with Gasteiger partial charge in [0.1, 0.15) is 5.82 Å². The summed E-state index contributed by atoms with van der Waals surface area (Å²) in [7, 11) is 0. The number of likely N-dealkylation sites (N-methyl/N-ethyl adjacent to an activating group) is 1. The van der Waals surface area contributed by atoms with E-state index in [0.717, 1.165) is 6.54 Å². The minimum Gasteiger partial charge on any atom is -0.397 e. The molecule has 0 saturated carbocycles. The Labute approximate surface area is 107 Å². The number of rotatable bonds is 5. The number of nitrogens with one attached hydrogen (secondary N) is 1. The van der Waals surface area contributed by atoms with E-state index in [1.165, 1.54) is 18.2 Å². The average molecular weight is 253 g/mol. The van der Waals surface area contributed by atoms with Crippen LogP contribution in [0.5, 0.6) is 0 Å². The zero-order valence-corrected chi connectivity index (χ0v) is 11.0. The van der Waals surface area contributed by atoms with Crippen molar-refractivity contribution >= 4 is 17.3 Å². The molecule has 0 aromatic heterocycles. The second-order valence-corrected chi connectivity index (χ2v) is 4.44. The van der Waals surface area contributed by atoms with Crippen LogP contribution in [-0.4, -0.2) is 29.9 Å². The van der Waals surface area contributed by atoms with E-state index in [4.69, 9.17) is 5.73 Å². The molecule has 0 aliphatic heterocycles. The summed E-state index contributed by atoms with van der Waals surface area (Å²) in [5.74, 6) is -0.612. The second-order valence-electron chi connectivity index (χ2n) is 4.44. The van der Waals surface area contributed by atoms with E-state index in [9.17, 15) is 9.18 Å². The molecule has 1 aromatic rings. The number of hydrogen-bond acceptors (Lipinski definition) is 3. The fourth-order valence-electron chi connectivity index (χ4n) is 1.67. The number of benzene rings is 1. The number of nitrogen functional groups attached to an aromatic ring is 1. The molecule has 0 aliphatic carbocycles. The number of amides is 1. The molecule has 0 saturated heterocycles. The Kier molecular flexibility index (Phi) is 5.09. The van der Waals surface area contributed by atoms with E-state index in [0.29, 0.717) is 11.4 Å². The van der Waals surface area contributed by atoms with Gasteiger partial charge in [-0.25, -0.2) is 4.39 Å². The third kappa shape index (κ3) is 4.00. The van der Waals surface area contributed by atoms with Crippen LogP contribution >= 0.6 is 0 Å². The summed E-state index contributed by atoms with van der Waals surface area (Å²) in [4.78, 5) is 13.8. The first kappa shape index (κ1) is 14.4. The molecule has 1 rings (SSSR count). The number of halogens is 1. The number of nitrogens with two attached hydrogens (primary N) is 1. The van der Waals surface area contributed by atoms with Crippen molar-refractivity contribution in [2.75, 3.05) is 24.1 Å². The Hall–Kier alpha value is -1.62. The smallest absolute Gasteiger partial charge is 0.238 e. The highest BCUT2D eigenvalue weighted by Crippen LogP contribution is 2.19. The summed E-state index contributed by atoms with van der Waals surface area (Å²) in [5.41, 5.74) is 6.34. The molecule has 100 valence electrons. The van der Waals surface area contributed by atoms with Gasteiger partial charge in [-0.15, -0.1) is 0 Å². The number of hydrogen-bond donors (Lipinski definition) is 2. The average Bonchev–Trinajstić information content (AvgIpc) is 2.30. The minimum absolute atomic E-state index is 0.192. The van der Waals surface area contributed by atoms with Crippen LogP contribution in [-0.2, 0) is 4.79 Å². The molecule has 5 heteroatoms. The summed E-state index contributed by atoms with van der Waals surface area (Å²) in [6.07, 6.45) is 0. The Bertz CT molecular complexity index is 421. The molecule has 1 amide bonds. The molecule has 0 atom stereocenters. The molecule has 0 heterocycles. The van der Waals surface area contributed by atoms with Gasteiger partial charge in [0.05, 0.1) is 17.9 Å². The van der Waals surface area contributed by atoms with E-state index < -0.39 is 5.82 Å². The molecule has 0 bridgehead atoms. The molecule has 3 N–H and O–H groups in total. The van der Waals surface area contributed by atoms with Crippen LogP contribution in [0.1, 0.15) is 20.8 Å².